The van der Waals surface area contributed by atoms with Crippen LogP contribution in [-0.4, -0.2) is 11.4 Å². The fourth-order valence-electron chi connectivity index (χ4n) is 1.59. The van der Waals surface area contributed by atoms with Gasteiger partial charge in [0.2, 0.25) is 0 Å². The Bertz CT molecular complexity index is 472. The maximum absolute atomic E-state index is 10.9. The van der Waals surface area contributed by atoms with Crippen LogP contribution in [0, 0.1) is 10.1 Å². The third-order valence-corrected chi connectivity index (χ3v) is 2.43. The summed E-state index contributed by atoms with van der Waals surface area (Å²) in [5.41, 5.74) is 0.686. The van der Waals surface area contributed by atoms with Gasteiger partial charge in [0.25, 0.3) is 5.69 Å². The normalized spacial score (nSPS) is 14.6. The Morgan fingerprint density at radius 3 is 3.00 bits per heavy atom. The van der Waals surface area contributed by atoms with Crippen LogP contribution in [0.15, 0.2) is 12.1 Å². The fraction of sp³-hybridized carbons (Fsp3) is 0.300. The first-order valence-electron chi connectivity index (χ1n) is 4.77. The Labute approximate surface area is 96.0 Å². The van der Waals surface area contributed by atoms with Gasteiger partial charge in [-0.15, -0.1) is 0 Å². The van der Waals surface area contributed by atoms with E-state index in [9.17, 15) is 14.9 Å². The second kappa shape index (κ2) is 4.38. The highest BCUT2D eigenvalue weighted by atomic mass is 17.2. The zero-order valence-electron chi connectivity index (χ0n) is 8.84. The minimum absolute atomic E-state index is 0.138. The summed E-state index contributed by atoms with van der Waals surface area (Å²) in [6.07, 6.45) is -0.776. The number of fused-ring (bicyclic) bond motifs is 1. The summed E-state index contributed by atoms with van der Waals surface area (Å²) >= 11 is 0. The van der Waals surface area contributed by atoms with E-state index in [1.807, 2.05) is 0 Å². The lowest BCUT2D eigenvalue weighted by Gasteiger charge is -2.10. The summed E-state index contributed by atoms with van der Waals surface area (Å²) in [7, 11) is 0. The monoisotopic (exact) mass is 238 g/mol. The van der Waals surface area contributed by atoms with E-state index in [1.165, 1.54) is 25.5 Å². The van der Waals surface area contributed by atoms with E-state index >= 15 is 0 Å². The van der Waals surface area contributed by atoms with Gasteiger partial charge in [0, 0.05) is 11.6 Å². The standard InChI is InChI=1S/C10H8NO6/c1-6(15-5-12)8-3-10-7(4-16-17-10)2-9(8)11(13)14/h2-3,6H,4H2,1H3. The Morgan fingerprint density at radius 1 is 1.59 bits per heavy atom. The van der Waals surface area contributed by atoms with Crippen molar-refractivity contribution in [1.82, 2.24) is 0 Å². The van der Waals surface area contributed by atoms with E-state index in [-0.39, 0.29) is 17.9 Å². The quantitative estimate of drug-likeness (QED) is 0.449. The first kappa shape index (κ1) is 11.3. The van der Waals surface area contributed by atoms with Crippen molar-refractivity contribution in [3.05, 3.63) is 33.4 Å². The first-order valence-corrected chi connectivity index (χ1v) is 4.77. The van der Waals surface area contributed by atoms with Gasteiger partial charge in [-0.2, -0.15) is 4.89 Å². The molecule has 0 spiro atoms. The van der Waals surface area contributed by atoms with E-state index < -0.39 is 11.0 Å². The minimum Gasteiger partial charge on any atom is -0.449 e. The second-order valence-electron chi connectivity index (χ2n) is 3.46. The van der Waals surface area contributed by atoms with E-state index in [0.29, 0.717) is 11.3 Å². The zero-order valence-corrected chi connectivity index (χ0v) is 8.84. The number of ether oxygens (including phenoxy) is 1. The summed E-state index contributed by atoms with van der Waals surface area (Å²) in [6.45, 7) is 2.92. The van der Waals surface area contributed by atoms with Crippen molar-refractivity contribution in [3.8, 4) is 5.75 Å². The van der Waals surface area contributed by atoms with Gasteiger partial charge in [-0.25, -0.2) is 4.79 Å². The van der Waals surface area contributed by atoms with E-state index in [0.717, 1.165) is 0 Å². The Morgan fingerprint density at radius 2 is 2.35 bits per heavy atom. The van der Waals surface area contributed by atoms with Crippen LogP contribution in [0.1, 0.15) is 24.2 Å². The molecule has 0 aromatic heterocycles. The van der Waals surface area contributed by atoms with Gasteiger partial charge >= 0.3 is 6.47 Å². The predicted octanol–water partition coefficient (Wildman–Crippen LogP) is 1.56. The van der Waals surface area contributed by atoms with Crippen molar-refractivity contribution in [2.45, 2.75) is 19.6 Å². The SMILES string of the molecule is CC(O[C]=O)c1cc2c(cc1[N+](=O)[O-])COO2. The average Bonchev–Trinajstić information content (AvgIpc) is 2.74. The molecule has 0 aliphatic carbocycles. The number of rotatable bonds is 4. The van der Waals surface area contributed by atoms with Gasteiger partial charge < -0.3 is 9.62 Å². The van der Waals surface area contributed by atoms with Crippen LogP contribution >= 0.6 is 0 Å². The summed E-state index contributed by atoms with van der Waals surface area (Å²) in [6, 6.07) is 2.78. The molecule has 0 bridgehead atoms. The molecular weight excluding hydrogens is 230 g/mol. The van der Waals surface area contributed by atoms with Crippen LogP contribution in [0.5, 0.6) is 5.75 Å². The molecule has 0 saturated carbocycles. The van der Waals surface area contributed by atoms with Crippen molar-refractivity contribution >= 4 is 12.2 Å². The van der Waals surface area contributed by atoms with Gasteiger partial charge in [-0.3, -0.25) is 10.1 Å². The molecule has 89 valence electrons. The molecule has 1 aliphatic rings. The summed E-state index contributed by atoms with van der Waals surface area (Å²) < 4.78 is 4.57. The van der Waals surface area contributed by atoms with Gasteiger partial charge in [0.15, 0.2) is 5.75 Å². The third kappa shape index (κ3) is 2.04. The van der Waals surface area contributed by atoms with E-state index in [1.54, 1.807) is 0 Å². The van der Waals surface area contributed by atoms with Crippen LogP contribution in [0.2, 0.25) is 0 Å². The van der Waals surface area contributed by atoms with Gasteiger partial charge in [-0.05, 0) is 13.0 Å². The summed E-state index contributed by atoms with van der Waals surface area (Å²) in [5, 5.41) is 10.9. The van der Waals surface area contributed by atoms with Gasteiger partial charge in [0.1, 0.15) is 12.7 Å². The highest BCUT2D eigenvalue weighted by molar-refractivity contribution is 5.52. The lowest BCUT2D eigenvalue weighted by Crippen LogP contribution is -2.03. The lowest BCUT2D eigenvalue weighted by molar-refractivity contribution is -0.386. The fourth-order valence-corrected chi connectivity index (χ4v) is 1.59. The molecule has 0 amide bonds. The molecule has 1 unspecified atom stereocenters. The van der Waals surface area contributed by atoms with E-state index in [4.69, 9.17) is 9.78 Å². The molecule has 1 aliphatic heterocycles. The molecular formula is C10H8NO6. The number of hydrogen-bond acceptors (Lipinski definition) is 6. The van der Waals surface area contributed by atoms with Crippen LogP contribution in [0.25, 0.3) is 0 Å². The number of nitrogens with zero attached hydrogens (tertiary/aromatic N) is 1. The zero-order chi connectivity index (χ0) is 12.4. The van der Waals surface area contributed by atoms with Crippen molar-refractivity contribution in [2.75, 3.05) is 0 Å². The Kier molecular flexibility index (Phi) is 2.92. The average molecular weight is 238 g/mol. The van der Waals surface area contributed by atoms with Crippen molar-refractivity contribution in [2.24, 2.45) is 0 Å². The van der Waals surface area contributed by atoms with E-state index in [2.05, 4.69) is 4.74 Å². The largest absolute Gasteiger partial charge is 0.449 e. The molecule has 1 aromatic rings. The van der Waals surface area contributed by atoms with Gasteiger partial charge in [-0.1, -0.05) is 0 Å². The smallest absolute Gasteiger partial charge is 0.418 e. The molecule has 0 saturated heterocycles. The highest BCUT2D eigenvalue weighted by Gasteiger charge is 2.26. The third-order valence-electron chi connectivity index (χ3n) is 2.43. The summed E-state index contributed by atoms with van der Waals surface area (Å²) in [5.74, 6) is 0.395. The maximum Gasteiger partial charge on any atom is 0.418 e. The molecule has 2 rings (SSSR count). The van der Waals surface area contributed by atoms with Crippen molar-refractivity contribution in [3.63, 3.8) is 0 Å². The molecule has 1 radical (unpaired) electrons. The van der Waals surface area contributed by atoms with Crippen LogP contribution in [0.3, 0.4) is 0 Å². The molecule has 7 nitrogen and oxygen atoms in total. The van der Waals surface area contributed by atoms with Crippen molar-refractivity contribution in [1.29, 1.82) is 0 Å². The number of benzene rings is 1. The molecule has 1 atom stereocenters. The number of nitro groups is 1. The molecule has 0 fully saturated rings. The number of hydrogen-bond donors (Lipinski definition) is 0. The maximum atomic E-state index is 10.9. The first-order chi connectivity index (χ1) is 8.13. The van der Waals surface area contributed by atoms with Crippen molar-refractivity contribution < 1.29 is 24.2 Å². The van der Waals surface area contributed by atoms with Crippen LogP contribution in [0.4, 0.5) is 5.69 Å². The number of carbonyl (C=O) groups excluding carboxylic acids is 1. The molecule has 0 N–H and O–H groups in total. The summed E-state index contributed by atoms with van der Waals surface area (Å²) in [4.78, 5) is 30.0. The highest BCUT2D eigenvalue weighted by Crippen LogP contribution is 2.36. The lowest BCUT2D eigenvalue weighted by atomic mass is 10.0. The molecule has 1 heterocycles. The second-order valence-corrected chi connectivity index (χ2v) is 3.46. The Hall–Kier alpha value is -2.15. The predicted molar refractivity (Wildman–Crippen MR) is 53.7 cm³/mol. The van der Waals surface area contributed by atoms with Gasteiger partial charge in [0.05, 0.1) is 10.5 Å². The van der Waals surface area contributed by atoms with Crippen LogP contribution < -0.4 is 4.89 Å². The van der Waals surface area contributed by atoms with Crippen LogP contribution in [-0.2, 0) is 21.0 Å². The minimum atomic E-state index is -0.776. The molecule has 1 aromatic carbocycles. The Balaban J connectivity index is 2.48. The topological polar surface area (TPSA) is 87.9 Å². The molecule has 7 heteroatoms. The number of nitro benzene ring substituents is 1. The molecule has 17 heavy (non-hydrogen) atoms.